The molecule has 8 nitrogen and oxygen atoms in total. The number of rotatable bonds is 6. The average Bonchev–Trinajstić information content (AvgIpc) is 3.22. The van der Waals surface area contributed by atoms with Crippen LogP contribution in [0, 0.1) is 11.3 Å². The van der Waals surface area contributed by atoms with Crippen molar-refractivity contribution in [3.05, 3.63) is 43.3 Å². The number of methoxy groups -OCH3 is 1. The number of ether oxygens (including phenoxy) is 3. The number of hydrogen-bond acceptors (Lipinski definition) is 7. The molecule has 27 heavy (non-hydrogen) atoms. The number of nitriles is 1. The molecule has 0 saturated carbocycles. The molecule has 2 N–H and O–H groups in total. The summed E-state index contributed by atoms with van der Waals surface area (Å²) in [6.07, 6.45) is 2.24. The molecular weight excluding hydrogens is 370 g/mol. The number of benzene rings is 1. The maximum absolute atomic E-state index is 12.8. The van der Waals surface area contributed by atoms with Crippen LogP contribution in [0.3, 0.4) is 0 Å². The number of carbonyl (C=O) groups is 1. The molecule has 0 radical (unpaired) electrons. The van der Waals surface area contributed by atoms with E-state index in [0.717, 1.165) is 16.9 Å². The molecule has 0 unspecified atom stereocenters. The standard InChI is InChI=1S/C18H17N3O5S/c1-24-6-2-5-21-17(23)15(27-18(21)12(9-19)16(20)22)8-11-3-4-13-14(7-11)26-10-25-13/h3-4,7-8H,2,5-6,10H2,1H3,(H2,20,22)/b15-8+,18-12-. The average molecular weight is 387 g/mol. The van der Waals surface area contributed by atoms with Crippen LogP contribution in [0.15, 0.2) is 23.0 Å². The molecule has 1 amide bonds. The normalized spacial score (nSPS) is 14.1. The van der Waals surface area contributed by atoms with E-state index in [1.807, 2.05) is 0 Å². The molecule has 0 atom stereocenters. The Hall–Kier alpha value is -3.09. The number of nitrogens with zero attached hydrogens (tertiary/aromatic N) is 2. The number of hydrogen-bond donors (Lipinski definition) is 1. The van der Waals surface area contributed by atoms with E-state index in [4.69, 9.17) is 19.9 Å². The van der Waals surface area contributed by atoms with Crippen LogP contribution in [-0.2, 0) is 16.1 Å². The van der Waals surface area contributed by atoms with Gasteiger partial charge in [-0.25, -0.2) is 0 Å². The molecule has 9 heteroatoms. The highest BCUT2D eigenvalue weighted by molar-refractivity contribution is 7.07. The van der Waals surface area contributed by atoms with Crippen molar-refractivity contribution >= 4 is 28.9 Å². The summed E-state index contributed by atoms with van der Waals surface area (Å²) in [6, 6.07) is 7.12. The molecule has 0 saturated heterocycles. The van der Waals surface area contributed by atoms with Crippen molar-refractivity contribution in [3.63, 3.8) is 0 Å². The predicted octanol–water partition coefficient (Wildman–Crippen LogP) is -0.337. The Kier molecular flexibility index (Phi) is 5.59. The number of fused-ring (bicyclic) bond motifs is 1. The zero-order valence-electron chi connectivity index (χ0n) is 14.6. The summed E-state index contributed by atoms with van der Waals surface area (Å²) in [7, 11) is 1.56. The number of primary amides is 1. The molecule has 0 fully saturated rings. The zero-order chi connectivity index (χ0) is 19.4. The Balaban J connectivity index is 2.16. The van der Waals surface area contributed by atoms with E-state index in [1.54, 1.807) is 37.5 Å². The van der Waals surface area contributed by atoms with Crippen LogP contribution in [0.2, 0.25) is 0 Å². The molecule has 1 aliphatic heterocycles. The van der Waals surface area contributed by atoms with Crippen LogP contribution in [-0.4, -0.2) is 31.0 Å². The molecule has 0 bridgehead atoms. The van der Waals surface area contributed by atoms with Crippen molar-refractivity contribution in [2.75, 3.05) is 20.5 Å². The Labute approximate surface area is 158 Å². The fraction of sp³-hybridized carbons (Fsp3) is 0.278. The van der Waals surface area contributed by atoms with Gasteiger partial charge in [-0.1, -0.05) is 6.07 Å². The number of carbonyl (C=O) groups excluding carboxylic acids is 1. The summed E-state index contributed by atoms with van der Waals surface area (Å²) >= 11 is 1.05. The van der Waals surface area contributed by atoms with Gasteiger partial charge in [-0.15, -0.1) is 11.3 Å². The molecule has 2 aromatic rings. The van der Waals surface area contributed by atoms with E-state index >= 15 is 0 Å². The van der Waals surface area contributed by atoms with Crippen LogP contribution in [0.25, 0.3) is 11.6 Å². The Morgan fingerprint density at radius 1 is 1.44 bits per heavy atom. The van der Waals surface area contributed by atoms with Gasteiger partial charge in [0.2, 0.25) is 6.79 Å². The summed E-state index contributed by atoms with van der Waals surface area (Å²) in [6.45, 7) is 0.917. The van der Waals surface area contributed by atoms with Gasteiger partial charge in [0.15, 0.2) is 17.1 Å². The van der Waals surface area contributed by atoms with E-state index < -0.39 is 5.91 Å². The fourth-order valence-corrected chi connectivity index (χ4v) is 3.77. The second-order valence-electron chi connectivity index (χ2n) is 5.68. The molecule has 1 aromatic heterocycles. The van der Waals surface area contributed by atoms with Crippen molar-refractivity contribution in [1.82, 2.24) is 4.57 Å². The molecule has 140 valence electrons. The van der Waals surface area contributed by atoms with E-state index in [-0.39, 0.29) is 22.6 Å². The molecule has 0 aliphatic carbocycles. The van der Waals surface area contributed by atoms with Crippen molar-refractivity contribution in [2.24, 2.45) is 5.73 Å². The quantitative estimate of drug-likeness (QED) is 0.678. The monoisotopic (exact) mass is 387 g/mol. The Morgan fingerprint density at radius 3 is 2.93 bits per heavy atom. The van der Waals surface area contributed by atoms with Crippen molar-refractivity contribution in [2.45, 2.75) is 13.0 Å². The number of amides is 1. The van der Waals surface area contributed by atoms with Gasteiger partial charge >= 0.3 is 0 Å². The van der Waals surface area contributed by atoms with E-state index in [9.17, 15) is 14.9 Å². The molecule has 2 heterocycles. The topological polar surface area (TPSA) is 117 Å². The van der Waals surface area contributed by atoms with Gasteiger partial charge in [0.05, 0.1) is 4.53 Å². The second-order valence-corrected chi connectivity index (χ2v) is 6.71. The maximum Gasteiger partial charge on any atom is 0.269 e. The fourth-order valence-electron chi connectivity index (χ4n) is 2.64. The first-order valence-electron chi connectivity index (χ1n) is 8.09. The van der Waals surface area contributed by atoms with Gasteiger partial charge in [-0.2, -0.15) is 5.26 Å². The summed E-state index contributed by atoms with van der Waals surface area (Å²) < 4.78 is 17.7. The van der Waals surface area contributed by atoms with Gasteiger partial charge in [0, 0.05) is 20.3 Å². The van der Waals surface area contributed by atoms with Crippen molar-refractivity contribution in [3.8, 4) is 17.6 Å². The lowest BCUT2D eigenvalue weighted by atomic mass is 10.2. The smallest absolute Gasteiger partial charge is 0.269 e. The highest BCUT2D eigenvalue weighted by atomic mass is 32.1. The minimum absolute atomic E-state index is 0.160. The Bertz CT molecular complexity index is 1090. The first-order chi connectivity index (χ1) is 13.0. The van der Waals surface area contributed by atoms with Crippen LogP contribution in [0.4, 0.5) is 0 Å². The van der Waals surface area contributed by atoms with Gasteiger partial charge in [0.25, 0.3) is 11.5 Å². The third-order valence-corrected chi connectivity index (χ3v) is 5.03. The van der Waals surface area contributed by atoms with E-state index in [0.29, 0.717) is 35.6 Å². The largest absolute Gasteiger partial charge is 0.454 e. The first-order valence-corrected chi connectivity index (χ1v) is 8.91. The lowest BCUT2D eigenvalue weighted by molar-refractivity contribution is -0.112. The number of aromatic nitrogens is 1. The summed E-state index contributed by atoms with van der Waals surface area (Å²) in [4.78, 5) is 24.4. The minimum Gasteiger partial charge on any atom is -0.454 e. The van der Waals surface area contributed by atoms with Crippen molar-refractivity contribution < 1.29 is 19.0 Å². The summed E-state index contributed by atoms with van der Waals surface area (Å²) in [5.74, 6) is 0.376. The predicted molar refractivity (Wildman–Crippen MR) is 98.7 cm³/mol. The van der Waals surface area contributed by atoms with Gasteiger partial charge < -0.3 is 19.9 Å². The van der Waals surface area contributed by atoms with Crippen LogP contribution in [0.1, 0.15) is 12.0 Å². The van der Waals surface area contributed by atoms with Crippen LogP contribution >= 0.6 is 11.3 Å². The third kappa shape index (κ3) is 3.86. The van der Waals surface area contributed by atoms with Crippen molar-refractivity contribution in [1.29, 1.82) is 5.26 Å². The SMILES string of the molecule is COCCCn1c(=O)/c(=C\c2ccc3c(c2)OCO3)s/c1=C(/C#N)C(N)=O. The zero-order valence-corrected chi connectivity index (χ0v) is 15.4. The van der Waals surface area contributed by atoms with E-state index in [1.165, 1.54) is 4.57 Å². The summed E-state index contributed by atoms with van der Waals surface area (Å²) in [5, 5.41) is 9.28. The minimum atomic E-state index is -0.867. The molecule has 3 rings (SSSR count). The molecule has 0 spiro atoms. The summed E-state index contributed by atoms with van der Waals surface area (Å²) in [5.41, 5.74) is 5.52. The van der Waals surface area contributed by atoms with Gasteiger partial charge in [0.1, 0.15) is 10.7 Å². The van der Waals surface area contributed by atoms with Gasteiger partial charge in [-0.05, 0) is 30.2 Å². The van der Waals surface area contributed by atoms with Crippen LogP contribution < -0.4 is 30.0 Å². The highest BCUT2D eigenvalue weighted by Gasteiger charge is 2.15. The number of thiazole rings is 1. The number of nitrogens with two attached hydrogens (primary N) is 1. The lowest BCUT2D eigenvalue weighted by Gasteiger charge is -2.02. The lowest BCUT2D eigenvalue weighted by Crippen LogP contribution is -2.34. The highest BCUT2D eigenvalue weighted by Crippen LogP contribution is 2.32. The first kappa shape index (κ1) is 18.7. The maximum atomic E-state index is 12.8. The second kappa shape index (κ2) is 8.07. The molecular formula is C18H17N3O5S. The molecule has 1 aromatic carbocycles. The third-order valence-electron chi connectivity index (χ3n) is 3.90. The van der Waals surface area contributed by atoms with E-state index in [2.05, 4.69) is 0 Å². The van der Waals surface area contributed by atoms with Crippen LogP contribution in [0.5, 0.6) is 11.5 Å². The molecule has 1 aliphatic rings. The van der Waals surface area contributed by atoms with Gasteiger partial charge in [-0.3, -0.25) is 14.2 Å². The Morgan fingerprint density at radius 2 is 2.22 bits per heavy atom.